The first-order valence-corrected chi connectivity index (χ1v) is 7.56. The third-order valence-electron chi connectivity index (χ3n) is 3.16. The number of nitrogens with one attached hydrogen (secondary N) is 1. The van der Waals surface area contributed by atoms with Gasteiger partial charge in [0.05, 0.1) is 12.8 Å². The Balaban J connectivity index is 1.85. The van der Waals surface area contributed by atoms with Crippen LogP contribution in [-0.2, 0) is 4.79 Å². The number of hydrogen-bond donors (Lipinski definition) is 2. The number of para-hydroxylation sites is 1. The van der Waals surface area contributed by atoms with Gasteiger partial charge in [0.2, 0.25) is 0 Å². The lowest BCUT2D eigenvalue weighted by Gasteiger charge is -2.07. The van der Waals surface area contributed by atoms with Crippen molar-refractivity contribution in [3.05, 3.63) is 53.6 Å². The van der Waals surface area contributed by atoms with Crippen molar-refractivity contribution in [2.75, 3.05) is 13.2 Å². The van der Waals surface area contributed by atoms with Gasteiger partial charge >= 0.3 is 0 Å². The number of benzene rings is 2. The summed E-state index contributed by atoms with van der Waals surface area (Å²) in [6, 6.07) is 12.3. The summed E-state index contributed by atoms with van der Waals surface area (Å²) in [7, 11) is 0. The molecule has 2 N–H and O–H groups in total. The molecule has 2 rings (SSSR count). The van der Waals surface area contributed by atoms with Crippen LogP contribution in [0.5, 0.6) is 17.2 Å². The van der Waals surface area contributed by atoms with Gasteiger partial charge in [-0.2, -0.15) is 5.10 Å². The summed E-state index contributed by atoms with van der Waals surface area (Å²) in [6.45, 7) is 4.14. The lowest BCUT2D eigenvalue weighted by Crippen LogP contribution is -2.24. The van der Waals surface area contributed by atoms with Crippen molar-refractivity contribution in [3.8, 4) is 17.2 Å². The number of aromatic hydroxyl groups is 1. The van der Waals surface area contributed by atoms with Crippen LogP contribution >= 0.6 is 0 Å². The fourth-order valence-corrected chi connectivity index (χ4v) is 1.96. The molecule has 2 aromatic rings. The van der Waals surface area contributed by atoms with Crippen LogP contribution in [0.2, 0.25) is 0 Å². The standard InChI is InChI=1S/C18H20N2O4/c1-3-23-15-9-8-14(16(21)10-15)11-19-20-18(22)12-24-17-7-5-4-6-13(17)2/h4-11,21H,3,12H2,1-2H3,(H,20,22)/b19-11-. The van der Waals surface area contributed by atoms with Gasteiger partial charge in [-0.15, -0.1) is 0 Å². The Kier molecular flexibility index (Phi) is 6.19. The number of phenols is 1. The van der Waals surface area contributed by atoms with E-state index in [1.807, 2.05) is 32.0 Å². The van der Waals surface area contributed by atoms with Gasteiger partial charge in [-0.25, -0.2) is 5.43 Å². The number of nitrogens with zero attached hydrogens (tertiary/aromatic N) is 1. The Labute approximate surface area is 140 Å². The summed E-state index contributed by atoms with van der Waals surface area (Å²) >= 11 is 0. The number of carbonyl (C=O) groups excluding carboxylic acids is 1. The quantitative estimate of drug-likeness (QED) is 0.605. The summed E-state index contributed by atoms with van der Waals surface area (Å²) in [6.07, 6.45) is 1.36. The normalized spacial score (nSPS) is 10.6. The van der Waals surface area contributed by atoms with Crippen LogP contribution in [0.25, 0.3) is 0 Å². The predicted octanol–water partition coefficient (Wildman–Crippen LogP) is 2.63. The fourth-order valence-electron chi connectivity index (χ4n) is 1.96. The molecule has 0 aromatic heterocycles. The van der Waals surface area contributed by atoms with E-state index in [2.05, 4.69) is 10.5 Å². The zero-order chi connectivity index (χ0) is 17.4. The van der Waals surface area contributed by atoms with Gasteiger partial charge in [0.15, 0.2) is 6.61 Å². The van der Waals surface area contributed by atoms with Gasteiger partial charge in [0.1, 0.15) is 17.2 Å². The molecule has 0 unspecified atom stereocenters. The Morgan fingerprint density at radius 1 is 1.25 bits per heavy atom. The number of carbonyl (C=O) groups is 1. The van der Waals surface area contributed by atoms with Crippen molar-refractivity contribution in [1.29, 1.82) is 0 Å². The molecule has 0 spiro atoms. The van der Waals surface area contributed by atoms with Gasteiger partial charge in [-0.1, -0.05) is 18.2 Å². The van der Waals surface area contributed by atoms with E-state index in [1.54, 1.807) is 18.2 Å². The molecule has 0 aliphatic heterocycles. The van der Waals surface area contributed by atoms with Crippen LogP contribution in [0.3, 0.4) is 0 Å². The molecule has 1 amide bonds. The average Bonchev–Trinajstić information content (AvgIpc) is 2.56. The topological polar surface area (TPSA) is 80.2 Å². The van der Waals surface area contributed by atoms with Crippen LogP contribution in [0.15, 0.2) is 47.6 Å². The summed E-state index contributed by atoms with van der Waals surface area (Å²) in [5.41, 5.74) is 3.77. The predicted molar refractivity (Wildman–Crippen MR) is 91.7 cm³/mol. The fraction of sp³-hybridized carbons (Fsp3) is 0.222. The smallest absolute Gasteiger partial charge is 0.277 e. The first-order chi connectivity index (χ1) is 11.6. The zero-order valence-electron chi connectivity index (χ0n) is 13.7. The molecular formula is C18H20N2O4. The highest BCUT2D eigenvalue weighted by molar-refractivity contribution is 5.85. The van der Waals surface area contributed by atoms with E-state index in [0.717, 1.165) is 5.56 Å². The van der Waals surface area contributed by atoms with Gasteiger partial charge in [0, 0.05) is 11.6 Å². The van der Waals surface area contributed by atoms with Crippen LogP contribution in [-0.4, -0.2) is 30.4 Å². The third kappa shape index (κ3) is 5.01. The SMILES string of the molecule is CCOc1ccc(/C=N\NC(=O)COc2ccccc2C)c(O)c1. The Bertz CT molecular complexity index is 729. The first kappa shape index (κ1) is 17.3. The molecule has 0 heterocycles. The highest BCUT2D eigenvalue weighted by Gasteiger charge is 2.04. The number of hydrogen-bond acceptors (Lipinski definition) is 5. The molecule has 6 heteroatoms. The second kappa shape index (κ2) is 8.57. The van der Waals surface area contributed by atoms with E-state index in [4.69, 9.17) is 9.47 Å². The van der Waals surface area contributed by atoms with Crippen molar-refractivity contribution in [2.24, 2.45) is 5.10 Å². The summed E-state index contributed by atoms with van der Waals surface area (Å²) in [5, 5.41) is 13.7. The molecule has 0 aliphatic carbocycles. The van der Waals surface area contributed by atoms with Crippen LogP contribution in [0.1, 0.15) is 18.1 Å². The molecule has 0 atom stereocenters. The van der Waals surface area contributed by atoms with E-state index in [-0.39, 0.29) is 18.3 Å². The molecule has 126 valence electrons. The molecule has 0 saturated heterocycles. The Morgan fingerprint density at radius 3 is 2.75 bits per heavy atom. The van der Waals surface area contributed by atoms with Gasteiger partial charge < -0.3 is 14.6 Å². The number of ether oxygens (including phenoxy) is 2. The molecule has 2 aromatic carbocycles. The molecule has 6 nitrogen and oxygen atoms in total. The minimum atomic E-state index is -0.389. The van der Waals surface area contributed by atoms with E-state index < -0.39 is 0 Å². The van der Waals surface area contributed by atoms with E-state index in [1.165, 1.54) is 12.3 Å². The minimum Gasteiger partial charge on any atom is -0.507 e. The molecule has 0 bridgehead atoms. The summed E-state index contributed by atoms with van der Waals surface area (Å²) in [4.78, 5) is 11.7. The maximum atomic E-state index is 11.7. The minimum absolute atomic E-state index is 0.0232. The largest absolute Gasteiger partial charge is 0.507 e. The molecule has 24 heavy (non-hydrogen) atoms. The van der Waals surface area contributed by atoms with Gasteiger partial charge in [0.25, 0.3) is 5.91 Å². The van der Waals surface area contributed by atoms with Crippen LogP contribution in [0, 0.1) is 6.92 Å². The summed E-state index contributed by atoms with van der Waals surface area (Å²) < 4.78 is 10.7. The second-order valence-corrected chi connectivity index (χ2v) is 5.00. The van der Waals surface area contributed by atoms with E-state index in [0.29, 0.717) is 23.7 Å². The molecule has 0 fully saturated rings. The Hall–Kier alpha value is -3.02. The van der Waals surface area contributed by atoms with E-state index >= 15 is 0 Å². The lowest BCUT2D eigenvalue weighted by molar-refractivity contribution is -0.123. The third-order valence-corrected chi connectivity index (χ3v) is 3.16. The highest BCUT2D eigenvalue weighted by Crippen LogP contribution is 2.22. The number of hydrazone groups is 1. The van der Waals surface area contributed by atoms with Crippen LogP contribution in [0.4, 0.5) is 0 Å². The van der Waals surface area contributed by atoms with Crippen molar-refractivity contribution in [1.82, 2.24) is 5.43 Å². The first-order valence-electron chi connectivity index (χ1n) is 7.56. The monoisotopic (exact) mass is 328 g/mol. The lowest BCUT2D eigenvalue weighted by atomic mass is 10.2. The van der Waals surface area contributed by atoms with Crippen molar-refractivity contribution in [2.45, 2.75) is 13.8 Å². The highest BCUT2D eigenvalue weighted by atomic mass is 16.5. The van der Waals surface area contributed by atoms with Crippen LogP contribution < -0.4 is 14.9 Å². The summed E-state index contributed by atoms with van der Waals surface area (Å²) in [5.74, 6) is 0.860. The number of phenolic OH excluding ortho intramolecular Hbond substituents is 1. The number of amides is 1. The van der Waals surface area contributed by atoms with Gasteiger partial charge in [-0.3, -0.25) is 4.79 Å². The Morgan fingerprint density at radius 2 is 2.04 bits per heavy atom. The molecular weight excluding hydrogens is 308 g/mol. The van der Waals surface area contributed by atoms with Crippen molar-refractivity contribution >= 4 is 12.1 Å². The second-order valence-electron chi connectivity index (χ2n) is 5.00. The maximum absolute atomic E-state index is 11.7. The van der Waals surface area contributed by atoms with Gasteiger partial charge in [-0.05, 0) is 37.6 Å². The molecule has 0 saturated carbocycles. The molecule has 0 aliphatic rings. The molecule has 0 radical (unpaired) electrons. The zero-order valence-corrected chi connectivity index (χ0v) is 13.7. The number of aryl methyl sites for hydroxylation is 1. The van der Waals surface area contributed by atoms with E-state index in [9.17, 15) is 9.90 Å². The van der Waals surface area contributed by atoms with Crippen molar-refractivity contribution < 1.29 is 19.4 Å². The van der Waals surface area contributed by atoms with Crippen molar-refractivity contribution in [3.63, 3.8) is 0 Å². The maximum Gasteiger partial charge on any atom is 0.277 e. The number of rotatable bonds is 7. The average molecular weight is 328 g/mol.